The molecule has 0 bridgehead atoms. The lowest BCUT2D eigenvalue weighted by Crippen LogP contribution is -2.53. The molecule has 3 atom stereocenters. The van der Waals surface area contributed by atoms with Gasteiger partial charge >= 0.3 is 0 Å². The van der Waals surface area contributed by atoms with Crippen molar-refractivity contribution in [2.45, 2.75) is 98.1 Å². The molecule has 2 fully saturated rings. The SMILES string of the molecule is CC(C)C1CC(=O)N(CCCCCC(=O)NCC(=O)NC(C=O)CN[C@@H](Cc2ccccc2)C(=O)NCC(=O)NCOCC2(C(=O)C(C)(C)C)CC2)C1=O. The summed E-state index contributed by atoms with van der Waals surface area (Å²) in [6.07, 6.45) is 4.39. The van der Waals surface area contributed by atoms with E-state index in [-0.39, 0.29) is 87.6 Å². The van der Waals surface area contributed by atoms with Crippen LogP contribution in [0.3, 0.4) is 0 Å². The molecule has 0 aromatic heterocycles. The molecule has 1 aromatic rings. The van der Waals surface area contributed by atoms with Gasteiger partial charge in [-0.05, 0) is 43.6 Å². The van der Waals surface area contributed by atoms with Gasteiger partial charge in [-0.1, -0.05) is 71.4 Å². The van der Waals surface area contributed by atoms with E-state index in [1.54, 1.807) is 0 Å². The molecule has 6 amide bonds. The minimum absolute atomic E-state index is 0.0941. The Balaban J connectivity index is 1.36. The number of rotatable bonds is 24. The fourth-order valence-corrected chi connectivity index (χ4v) is 6.35. The van der Waals surface area contributed by atoms with Crippen LogP contribution in [0.4, 0.5) is 0 Å². The van der Waals surface area contributed by atoms with E-state index in [4.69, 9.17) is 4.74 Å². The summed E-state index contributed by atoms with van der Waals surface area (Å²) in [6, 6.07) is 7.29. The molecular formula is C39H58N6O9. The number of aldehydes is 1. The molecule has 2 unspecified atom stereocenters. The maximum absolute atomic E-state index is 13.2. The van der Waals surface area contributed by atoms with Crippen molar-refractivity contribution in [2.24, 2.45) is 22.7 Å². The predicted molar refractivity (Wildman–Crippen MR) is 199 cm³/mol. The van der Waals surface area contributed by atoms with Crippen LogP contribution in [0.1, 0.15) is 85.1 Å². The van der Waals surface area contributed by atoms with Gasteiger partial charge in [0.1, 0.15) is 18.8 Å². The molecule has 1 aromatic carbocycles. The van der Waals surface area contributed by atoms with Crippen molar-refractivity contribution in [2.75, 3.05) is 39.5 Å². The summed E-state index contributed by atoms with van der Waals surface area (Å²) in [5.74, 6) is -2.23. The van der Waals surface area contributed by atoms with E-state index in [0.717, 1.165) is 18.4 Å². The first-order chi connectivity index (χ1) is 25.6. The number of Topliss-reactive ketones (excluding diaryl/α,β-unsaturated/α-hetero) is 1. The third kappa shape index (κ3) is 14.0. The van der Waals surface area contributed by atoms with Crippen LogP contribution in [-0.2, 0) is 49.5 Å². The normalized spacial score (nSPS) is 17.4. The van der Waals surface area contributed by atoms with Crippen LogP contribution in [0, 0.1) is 22.7 Å². The van der Waals surface area contributed by atoms with Crippen LogP contribution < -0.4 is 26.6 Å². The molecule has 2 aliphatic rings. The molecule has 5 N–H and O–H groups in total. The van der Waals surface area contributed by atoms with Crippen molar-refractivity contribution < 1.29 is 43.1 Å². The highest BCUT2D eigenvalue weighted by Crippen LogP contribution is 2.50. The van der Waals surface area contributed by atoms with Gasteiger partial charge in [-0.3, -0.25) is 38.5 Å². The number of hydrogen-bond acceptors (Lipinski definition) is 10. The Morgan fingerprint density at radius 3 is 2.22 bits per heavy atom. The summed E-state index contributed by atoms with van der Waals surface area (Å²) in [4.78, 5) is 101. The number of benzene rings is 1. The number of imide groups is 1. The second-order valence-corrected chi connectivity index (χ2v) is 15.7. The van der Waals surface area contributed by atoms with E-state index in [1.807, 2.05) is 65.0 Å². The fourth-order valence-electron chi connectivity index (χ4n) is 6.35. The zero-order chi connectivity index (χ0) is 39.9. The number of amides is 6. The number of hydrogen-bond donors (Lipinski definition) is 5. The summed E-state index contributed by atoms with van der Waals surface area (Å²) in [5, 5.41) is 13.2. The first-order valence-electron chi connectivity index (χ1n) is 18.9. The Labute approximate surface area is 317 Å². The van der Waals surface area contributed by atoms with Gasteiger partial charge in [-0.2, -0.15) is 0 Å². The molecule has 1 saturated carbocycles. The van der Waals surface area contributed by atoms with Crippen LogP contribution >= 0.6 is 0 Å². The van der Waals surface area contributed by atoms with Crippen molar-refractivity contribution in [3.63, 3.8) is 0 Å². The second-order valence-electron chi connectivity index (χ2n) is 15.7. The summed E-state index contributed by atoms with van der Waals surface area (Å²) >= 11 is 0. The van der Waals surface area contributed by atoms with Gasteiger partial charge in [0.15, 0.2) is 0 Å². The van der Waals surface area contributed by atoms with Gasteiger partial charge in [0.25, 0.3) is 0 Å². The Hall–Kier alpha value is -4.50. The van der Waals surface area contributed by atoms with E-state index in [9.17, 15) is 38.4 Å². The van der Waals surface area contributed by atoms with Crippen LogP contribution in [0.15, 0.2) is 30.3 Å². The Bertz CT molecular complexity index is 1490. The third-order valence-electron chi connectivity index (χ3n) is 9.70. The number of nitrogens with one attached hydrogen (secondary N) is 5. The van der Waals surface area contributed by atoms with E-state index < -0.39 is 40.6 Å². The number of carbonyl (C=O) groups is 8. The van der Waals surface area contributed by atoms with Crippen molar-refractivity contribution in [3.05, 3.63) is 35.9 Å². The number of nitrogens with zero attached hydrogens (tertiary/aromatic N) is 1. The van der Waals surface area contributed by atoms with Gasteiger partial charge in [-0.15, -0.1) is 0 Å². The number of unbranched alkanes of at least 4 members (excludes halogenated alkanes) is 2. The van der Waals surface area contributed by atoms with Gasteiger partial charge < -0.3 is 36.1 Å². The maximum atomic E-state index is 13.2. The first kappa shape index (κ1) is 43.9. The van der Waals surface area contributed by atoms with E-state index in [1.165, 1.54) is 4.90 Å². The van der Waals surface area contributed by atoms with Gasteiger partial charge in [-0.25, -0.2) is 0 Å². The van der Waals surface area contributed by atoms with Crippen LogP contribution in [0.25, 0.3) is 0 Å². The zero-order valence-corrected chi connectivity index (χ0v) is 32.3. The predicted octanol–water partition coefficient (Wildman–Crippen LogP) is 1.18. The summed E-state index contributed by atoms with van der Waals surface area (Å²) in [5.41, 5.74) is -0.147. The maximum Gasteiger partial charge on any atom is 0.241 e. The lowest BCUT2D eigenvalue weighted by molar-refractivity contribution is -0.140. The molecule has 1 saturated heterocycles. The van der Waals surface area contributed by atoms with Crippen molar-refractivity contribution in [1.82, 2.24) is 31.5 Å². The number of carbonyl (C=O) groups excluding carboxylic acids is 8. The molecule has 0 spiro atoms. The highest BCUT2D eigenvalue weighted by atomic mass is 16.5. The Morgan fingerprint density at radius 2 is 1.61 bits per heavy atom. The van der Waals surface area contributed by atoms with Gasteiger partial charge in [0, 0.05) is 37.3 Å². The third-order valence-corrected chi connectivity index (χ3v) is 9.70. The molecule has 1 heterocycles. The van der Waals surface area contributed by atoms with Crippen molar-refractivity contribution in [1.29, 1.82) is 0 Å². The molecule has 54 heavy (non-hydrogen) atoms. The van der Waals surface area contributed by atoms with E-state index in [2.05, 4.69) is 26.6 Å². The van der Waals surface area contributed by atoms with Crippen LogP contribution in [0.2, 0.25) is 0 Å². The summed E-state index contributed by atoms with van der Waals surface area (Å²) < 4.78 is 5.59. The number of likely N-dealkylation sites (tertiary alicyclic amines) is 1. The number of ether oxygens (including phenoxy) is 1. The van der Waals surface area contributed by atoms with Crippen molar-refractivity contribution in [3.8, 4) is 0 Å². The molecular weight excluding hydrogens is 696 g/mol. The molecule has 298 valence electrons. The van der Waals surface area contributed by atoms with Crippen LogP contribution in [-0.4, -0.2) is 104 Å². The molecule has 1 aliphatic heterocycles. The van der Waals surface area contributed by atoms with Gasteiger partial charge in [0.05, 0.1) is 37.2 Å². The molecule has 3 rings (SSSR count). The Kier molecular flexibility index (Phi) is 16.9. The van der Waals surface area contributed by atoms with Crippen molar-refractivity contribution >= 4 is 47.5 Å². The fraction of sp³-hybridized carbons (Fsp3) is 0.641. The standard InChI is InChI=1S/C39H58N6O9/c1-26(2)29-19-34(50)45(36(29)52)17-11-7-10-14-31(47)41-22-33(49)44-28(23-46)20-40-30(18-27-12-8-6-9-13-27)35(51)42-21-32(48)43-25-54-24-39(15-16-39)37(53)38(3,4)5/h6,8-9,12-13,23,26,28-30,40H,7,10-11,14-22,24-25H2,1-5H3,(H,41,47)(H,42,51)(H,43,48)(H,44,49)/t28?,29?,30-/m0/s1. The first-order valence-corrected chi connectivity index (χ1v) is 18.9. The molecule has 15 heteroatoms. The van der Waals surface area contributed by atoms with Gasteiger partial charge in [0.2, 0.25) is 35.4 Å². The monoisotopic (exact) mass is 754 g/mol. The minimum Gasteiger partial charge on any atom is -0.360 e. The average Bonchev–Trinajstić information content (AvgIpc) is 3.86. The number of ketones is 1. The lowest BCUT2D eigenvalue weighted by Gasteiger charge is -2.24. The highest BCUT2D eigenvalue weighted by molar-refractivity contribution is 6.03. The highest BCUT2D eigenvalue weighted by Gasteiger charge is 2.53. The summed E-state index contributed by atoms with van der Waals surface area (Å²) in [6.45, 7) is 9.13. The largest absolute Gasteiger partial charge is 0.360 e. The van der Waals surface area contributed by atoms with Crippen LogP contribution in [0.5, 0.6) is 0 Å². The quantitative estimate of drug-likeness (QED) is 0.0441. The minimum atomic E-state index is -1.01. The smallest absolute Gasteiger partial charge is 0.241 e. The molecule has 1 aliphatic carbocycles. The summed E-state index contributed by atoms with van der Waals surface area (Å²) in [7, 11) is 0. The molecule has 15 nitrogen and oxygen atoms in total. The average molecular weight is 755 g/mol. The second kappa shape index (κ2) is 20.8. The van der Waals surface area contributed by atoms with E-state index in [0.29, 0.717) is 32.1 Å². The zero-order valence-electron chi connectivity index (χ0n) is 32.3. The van der Waals surface area contributed by atoms with E-state index >= 15 is 0 Å². The topological polar surface area (TPSA) is 209 Å². The lowest BCUT2D eigenvalue weighted by atomic mass is 9.81. The molecule has 0 radical (unpaired) electrons. The Morgan fingerprint density at radius 1 is 0.926 bits per heavy atom.